The van der Waals surface area contributed by atoms with Gasteiger partial charge in [-0.15, -0.1) is 0 Å². The van der Waals surface area contributed by atoms with Crippen molar-refractivity contribution in [2.24, 2.45) is 0 Å². The van der Waals surface area contributed by atoms with E-state index in [1.807, 2.05) is 0 Å². The number of benzene rings is 6. The summed E-state index contributed by atoms with van der Waals surface area (Å²) < 4.78 is 0. The molecule has 9 rings (SSSR count). The molecular formula is C38H27BN2. The Labute approximate surface area is 240 Å². The number of allylic oxidation sites excluding steroid dienone is 3. The summed E-state index contributed by atoms with van der Waals surface area (Å²) in [6.45, 7) is 0.129. The number of para-hydroxylation sites is 2. The summed E-state index contributed by atoms with van der Waals surface area (Å²) in [5.41, 5.74) is 11.7. The molecule has 2 heterocycles. The molecule has 1 aliphatic carbocycles. The first-order valence-corrected chi connectivity index (χ1v) is 14.6. The van der Waals surface area contributed by atoms with Gasteiger partial charge in [0.05, 0.1) is 5.69 Å². The minimum absolute atomic E-state index is 0.129. The summed E-state index contributed by atoms with van der Waals surface area (Å²) >= 11 is 0. The first-order chi connectivity index (χ1) is 20.4. The van der Waals surface area contributed by atoms with E-state index in [9.17, 15) is 0 Å². The normalized spacial score (nSPS) is 15.0. The molecule has 192 valence electrons. The van der Waals surface area contributed by atoms with E-state index in [2.05, 4.69) is 149 Å². The zero-order valence-corrected chi connectivity index (χ0v) is 22.7. The van der Waals surface area contributed by atoms with Crippen LogP contribution in [0.25, 0.3) is 21.5 Å². The standard InChI is InChI=1S/C38H27BN2/c1-3-15-28(16-4-1)40-34-22-12-11-21-32(34)39-33-24-23-26-13-7-9-19-30(26)37(33)41(29-17-5-2-6-18-29)38-31-20-10-8-14-27(31)25-35(40)36(38)39/h2-3,5-25H,1,4H2. The van der Waals surface area contributed by atoms with E-state index in [0.29, 0.717) is 0 Å². The van der Waals surface area contributed by atoms with Gasteiger partial charge in [-0.2, -0.15) is 0 Å². The fourth-order valence-electron chi connectivity index (χ4n) is 7.33. The predicted molar refractivity (Wildman–Crippen MR) is 176 cm³/mol. The molecule has 3 heteroatoms. The van der Waals surface area contributed by atoms with Crippen molar-refractivity contribution in [3.8, 4) is 0 Å². The molecule has 41 heavy (non-hydrogen) atoms. The predicted octanol–water partition coefficient (Wildman–Crippen LogP) is 7.98. The second-order valence-corrected chi connectivity index (χ2v) is 11.2. The SMILES string of the molecule is C1=CC(N2c3ccccc3B3c4ccc5ccccc5c4N(c4ccccc4)c4c3c2cc2ccccc42)=CCC1. The molecule has 0 aromatic heterocycles. The third-order valence-electron chi connectivity index (χ3n) is 9.00. The van der Waals surface area contributed by atoms with Gasteiger partial charge < -0.3 is 9.80 Å². The lowest BCUT2D eigenvalue weighted by Crippen LogP contribution is -2.61. The molecule has 0 atom stereocenters. The molecule has 2 nitrogen and oxygen atoms in total. The number of nitrogens with zero attached hydrogens (tertiary/aromatic N) is 2. The Hall–Kier alpha value is -5.02. The summed E-state index contributed by atoms with van der Waals surface area (Å²) in [6, 6.07) is 44.9. The van der Waals surface area contributed by atoms with Crippen LogP contribution in [0.3, 0.4) is 0 Å². The van der Waals surface area contributed by atoms with Crippen LogP contribution in [0.5, 0.6) is 0 Å². The summed E-state index contributed by atoms with van der Waals surface area (Å²) in [5.74, 6) is 0. The third-order valence-corrected chi connectivity index (χ3v) is 9.00. The second kappa shape index (κ2) is 8.74. The second-order valence-electron chi connectivity index (χ2n) is 11.2. The molecule has 3 aliphatic rings. The summed E-state index contributed by atoms with van der Waals surface area (Å²) in [7, 11) is 0. The highest BCUT2D eigenvalue weighted by Crippen LogP contribution is 2.47. The van der Waals surface area contributed by atoms with Crippen molar-refractivity contribution < 1.29 is 0 Å². The van der Waals surface area contributed by atoms with Gasteiger partial charge in [-0.25, -0.2) is 0 Å². The first-order valence-electron chi connectivity index (χ1n) is 14.6. The summed E-state index contributed by atoms with van der Waals surface area (Å²) in [5, 5.41) is 5.09. The molecule has 2 aliphatic heterocycles. The first kappa shape index (κ1) is 22.8. The average Bonchev–Trinajstić information content (AvgIpc) is 3.05. The monoisotopic (exact) mass is 522 g/mol. The van der Waals surface area contributed by atoms with Crippen molar-refractivity contribution in [2.45, 2.75) is 12.8 Å². The summed E-state index contributed by atoms with van der Waals surface area (Å²) in [6.07, 6.45) is 9.18. The molecule has 0 unspecified atom stereocenters. The van der Waals surface area contributed by atoms with Crippen LogP contribution < -0.4 is 26.2 Å². The maximum atomic E-state index is 2.55. The Balaban J connectivity index is 1.49. The Bertz CT molecular complexity index is 2070. The molecule has 6 aromatic rings. The Morgan fingerprint density at radius 1 is 0.537 bits per heavy atom. The van der Waals surface area contributed by atoms with Crippen LogP contribution in [0.15, 0.2) is 145 Å². The largest absolute Gasteiger partial charge is 0.312 e. The Morgan fingerprint density at radius 2 is 1.27 bits per heavy atom. The van der Waals surface area contributed by atoms with Crippen LogP contribution in [-0.2, 0) is 0 Å². The molecule has 0 saturated heterocycles. The van der Waals surface area contributed by atoms with Gasteiger partial charge in [0.25, 0.3) is 6.71 Å². The number of rotatable bonds is 2. The van der Waals surface area contributed by atoms with Crippen molar-refractivity contribution >= 4 is 73.1 Å². The van der Waals surface area contributed by atoms with E-state index in [-0.39, 0.29) is 6.71 Å². The minimum Gasteiger partial charge on any atom is -0.312 e. The van der Waals surface area contributed by atoms with Crippen LogP contribution in [-0.4, -0.2) is 6.71 Å². The molecule has 0 saturated carbocycles. The van der Waals surface area contributed by atoms with Gasteiger partial charge in [-0.1, -0.05) is 109 Å². The number of anilines is 5. The Morgan fingerprint density at radius 3 is 2.10 bits per heavy atom. The van der Waals surface area contributed by atoms with E-state index >= 15 is 0 Å². The zero-order chi connectivity index (χ0) is 26.9. The van der Waals surface area contributed by atoms with E-state index in [1.54, 1.807) is 0 Å². The van der Waals surface area contributed by atoms with Crippen LogP contribution in [0.2, 0.25) is 0 Å². The van der Waals surface area contributed by atoms with Gasteiger partial charge >= 0.3 is 0 Å². The molecule has 0 spiro atoms. The van der Waals surface area contributed by atoms with E-state index < -0.39 is 0 Å². The quantitative estimate of drug-likeness (QED) is 0.213. The lowest BCUT2D eigenvalue weighted by molar-refractivity contribution is 0.998. The molecule has 0 fully saturated rings. The van der Waals surface area contributed by atoms with Gasteiger partial charge in [-0.3, -0.25) is 0 Å². The maximum absolute atomic E-state index is 2.55. The van der Waals surface area contributed by atoms with Crippen LogP contribution in [0.4, 0.5) is 28.4 Å². The lowest BCUT2D eigenvalue weighted by atomic mass is 9.33. The number of hydrogen-bond acceptors (Lipinski definition) is 2. The maximum Gasteiger partial charge on any atom is 0.252 e. The Kier molecular flexibility index (Phi) is 4.85. The van der Waals surface area contributed by atoms with Crippen molar-refractivity contribution in [3.05, 3.63) is 145 Å². The zero-order valence-electron chi connectivity index (χ0n) is 22.7. The molecule has 0 amide bonds. The van der Waals surface area contributed by atoms with E-state index in [4.69, 9.17) is 0 Å². The number of fused-ring (bicyclic) bond motifs is 8. The van der Waals surface area contributed by atoms with E-state index in [0.717, 1.165) is 12.8 Å². The van der Waals surface area contributed by atoms with Crippen LogP contribution in [0.1, 0.15) is 12.8 Å². The fraction of sp³-hybridized carbons (Fsp3) is 0.0526. The highest BCUT2D eigenvalue weighted by Gasteiger charge is 2.44. The van der Waals surface area contributed by atoms with Gasteiger partial charge in [-0.05, 0) is 70.3 Å². The topological polar surface area (TPSA) is 6.48 Å². The van der Waals surface area contributed by atoms with Crippen molar-refractivity contribution in [1.29, 1.82) is 0 Å². The highest BCUT2D eigenvalue weighted by molar-refractivity contribution is 7.00. The van der Waals surface area contributed by atoms with E-state index in [1.165, 1.54) is 72.1 Å². The molecule has 0 N–H and O–H groups in total. The molecule has 6 aromatic carbocycles. The van der Waals surface area contributed by atoms with Crippen molar-refractivity contribution in [2.75, 3.05) is 9.80 Å². The number of hydrogen-bond donors (Lipinski definition) is 0. The summed E-state index contributed by atoms with van der Waals surface area (Å²) in [4.78, 5) is 5.06. The smallest absolute Gasteiger partial charge is 0.252 e. The highest BCUT2D eigenvalue weighted by atomic mass is 15.2. The van der Waals surface area contributed by atoms with Gasteiger partial charge in [0.2, 0.25) is 0 Å². The fourth-order valence-corrected chi connectivity index (χ4v) is 7.33. The van der Waals surface area contributed by atoms with Crippen LogP contribution >= 0.6 is 0 Å². The van der Waals surface area contributed by atoms with Crippen molar-refractivity contribution in [3.63, 3.8) is 0 Å². The van der Waals surface area contributed by atoms with Crippen LogP contribution in [0, 0.1) is 0 Å². The molecule has 0 bridgehead atoms. The van der Waals surface area contributed by atoms with Gasteiger partial charge in [0.1, 0.15) is 0 Å². The van der Waals surface area contributed by atoms with Gasteiger partial charge in [0.15, 0.2) is 0 Å². The third kappa shape index (κ3) is 3.20. The minimum atomic E-state index is 0.129. The molecule has 0 radical (unpaired) electrons. The lowest BCUT2D eigenvalue weighted by Gasteiger charge is -2.45. The average molecular weight is 522 g/mol. The van der Waals surface area contributed by atoms with Gasteiger partial charge in [0, 0.05) is 39.2 Å². The molecular weight excluding hydrogens is 495 g/mol. The van der Waals surface area contributed by atoms with Crippen molar-refractivity contribution in [1.82, 2.24) is 0 Å².